The lowest BCUT2D eigenvalue weighted by atomic mass is 10.0. The van der Waals surface area contributed by atoms with Gasteiger partial charge in [0.15, 0.2) is 17.3 Å². The summed E-state index contributed by atoms with van der Waals surface area (Å²) in [6, 6.07) is 2.69. The fourth-order valence-corrected chi connectivity index (χ4v) is 6.72. The molecule has 0 radical (unpaired) electrons. The van der Waals surface area contributed by atoms with Crippen LogP contribution in [0.2, 0.25) is 0 Å². The minimum absolute atomic E-state index is 0.0224. The van der Waals surface area contributed by atoms with Gasteiger partial charge in [-0.25, -0.2) is 32.9 Å². The molecule has 1 aromatic carbocycles. The van der Waals surface area contributed by atoms with E-state index in [0.29, 0.717) is 53.0 Å². The average molecular weight is 661 g/mol. The van der Waals surface area contributed by atoms with Crippen molar-refractivity contribution < 1.29 is 27.8 Å². The van der Waals surface area contributed by atoms with E-state index in [1.165, 1.54) is 11.9 Å². The molecule has 5 heterocycles. The summed E-state index contributed by atoms with van der Waals surface area (Å²) < 4.78 is 44.0. The molecule has 0 bridgehead atoms. The van der Waals surface area contributed by atoms with Crippen molar-refractivity contribution >= 4 is 51.1 Å². The molecule has 2 amide bonds. The van der Waals surface area contributed by atoms with E-state index in [-0.39, 0.29) is 34.7 Å². The van der Waals surface area contributed by atoms with Gasteiger partial charge in [0.25, 0.3) is 0 Å². The lowest BCUT2D eigenvalue weighted by molar-refractivity contribution is 0.0516. The van der Waals surface area contributed by atoms with Crippen molar-refractivity contribution in [3.05, 3.63) is 48.6 Å². The zero-order valence-corrected chi connectivity index (χ0v) is 27.6. The fraction of sp³-hybridized carbons (Fsp3) is 0.441. The highest BCUT2D eigenvalue weighted by atomic mass is 19.2. The second-order valence-electron chi connectivity index (χ2n) is 13.8. The molecule has 1 aliphatic heterocycles. The summed E-state index contributed by atoms with van der Waals surface area (Å²) in [7, 11) is 1.46. The maximum Gasteiger partial charge on any atom is 0.414 e. The van der Waals surface area contributed by atoms with Gasteiger partial charge in [-0.05, 0) is 40.0 Å². The number of unbranched alkanes of at least 4 members (excludes halogenated alkanes) is 1. The number of nitrogens with one attached hydrogen (secondary N) is 2. The van der Waals surface area contributed by atoms with Gasteiger partial charge in [-0.1, -0.05) is 13.3 Å². The quantitative estimate of drug-likeness (QED) is 0.188. The number of hydrogen-bond donors (Lipinski definition) is 2. The number of anilines is 2. The van der Waals surface area contributed by atoms with Crippen LogP contribution in [0.15, 0.2) is 36.9 Å². The van der Waals surface area contributed by atoms with Gasteiger partial charge in [0, 0.05) is 73.4 Å². The third-order valence-corrected chi connectivity index (χ3v) is 9.24. The smallest absolute Gasteiger partial charge is 0.414 e. The summed E-state index contributed by atoms with van der Waals surface area (Å²) in [4.78, 5) is 41.2. The van der Waals surface area contributed by atoms with Gasteiger partial charge in [-0.3, -0.25) is 4.90 Å². The first-order valence-electron chi connectivity index (χ1n) is 16.2. The molecule has 14 heteroatoms. The molecule has 5 aromatic rings. The fourth-order valence-electron chi connectivity index (χ4n) is 6.72. The minimum Gasteiger partial charge on any atom is -0.449 e. The van der Waals surface area contributed by atoms with Crippen LogP contribution in [0.25, 0.3) is 38.7 Å². The highest BCUT2D eigenvalue weighted by Gasteiger charge is 2.59. The van der Waals surface area contributed by atoms with Crippen molar-refractivity contribution in [3.63, 3.8) is 0 Å². The maximum atomic E-state index is 16.1. The molecule has 1 aliphatic carbocycles. The van der Waals surface area contributed by atoms with E-state index < -0.39 is 29.4 Å². The predicted molar refractivity (Wildman–Crippen MR) is 177 cm³/mol. The Balaban J connectivity index is 1.35. The van der Waals surface area contributed by atoms with E-state index in [1.54, 1.807) is 29.2 Å². The van der Waals surface area contributed by atoms with Crippen LogP contribution in [-0.2, 0) is 9.47 Å². The van der Waals surface area contributed by atoms with E-state index in [9.17, 15) is 9.59 Å². The predicted octanol–water partition coefficient (Wildman–Crippen LogP) is 6.57. The molecule has 2 N–H and O–H groups in total. The van der Waals surface area contributed by atoms with Crippen molar-refractivity contribution in [2.24, 2.45) is 5.41 Å². The van der Waals surface area contributed by atoms with Crippen LogP contribution >= 0.6 is 0 Å². The molecule has 2 unspecified atom stereocenters. The minimum atomic E-state index is -1.11. The molecule has 12 nitrogen and oxygen atoms in total. The lowest BCUT2D eigenvalue weighted by Gasteiger charge is -2.24. The standard InChI is InChI=1S/C34H38F2N8O4/c1-6-7-12-47-32(46)42(5)22-13-21(35)27(36)25-26-29(43-11-9-34(18-43)14-23(34)40-31(45)48-33(2,3)4)20(16-38-30(26)41-28(22)25)19-15-37-24-8-10-39-44(24)17-19/h8,10,13,15-17,23H,6-7,9,11-12,14,18H2,1-5H3,(H,38,41)(H,40,45). The van der Waals surface area contributed by atoms with Crippen molar-refractivity contribution in [1.29, 1.82) is 0 Å². The number of H-pyrrole nitrogens is 1. The number of pyridine rings is 1. The summed E-state index contributed by atoms with van der Waals surface area (Å²) in [5, 5.41) is 7.71. The SMILES string of the molecule is CCCCOC(=O)N(C)c1cc(F)c(F)c2c1[nH]c1ncc(-c3cnc4ccnn4c3)c(N3CCC4(CC4NC(=O)OC(C)(C)C)C3)c12. The van der Waals surface area contributed by atoms with Crippen LogP contribution in [0.3, 0.4) is 0 Å². The number of halogens is 2. The number of benzene rings is 1. The van der Waals surface area contributed by atoms with E-state index >= 15 is 8.78 Å². The first-order chi connectivity index (χ1) is 22.9. The normalized spacial score (nSPS) is 19.1. The van der Waals surface area contributed by atoms with Crippen LogP contribution < -0.4 is 15.1 Å². The molecule has 2 atom stereocenters. The van der Waals surface area contributed by atoms with Gasteiger partial charge in [0.05, 0.1) is 40.5 Å². The molecule has 1 saturated heterocycles. The molecule has 4 aromatic heterocycles. The lowest BCUT2D eigenvalue weighted by Crippen LogP contribution is -2.36. The van der Waals surface area contributed by atoms with Gasteiger partial charge in [0.1, 0.15) is 11.2 Å². The van der Waals surface area contributed by atoms with E-state index in [0.717, 1.165) is 25.3 Å². The second-order valence-corrected chi connectivity index (χ2v) is 13.8. The number of carbonyl (C=O) groups is 2. The monoisotopic (exact) mass is 660 g/mol. The third kappa shape index (κ3) is 5.52. The van der Waals surface area contributed by atoms with Crippen molar-refractivity contribution in [2.45, 2.75) is 65.0 Å². The zero-order chi connectivity index (χ0) is 34.0. The Morgan fingerprint density at radius 2 is 2.02 bits per heavy atom. The Hall–Kier alpha value is -5.01. The zero-order valence-electron chi connectivity index (χ0n) is 27.6. The van der Waals surface area contributed by atoms with Crippen molar-refractivity contribution in [3.8, 4) is 11.1 Å². The molecule has 7 rings (SSSR count). The molecular formula is C34H38F2N8O4. The molecule has 2 aliphatic rings. The molecule has 48 heavy (non-hydrogen) atoms. The Bertz CT molecular complexity index is 2070. The Labute approximate surface area is 275 Å². The van der Waals surface area contributed by atoms with Crippen molar-refractivity contribution in [1.82, 2.24) is 29.9 Å². The van der Waals surface area contributed by atoms with E-state index in [4.69, 9.17) is 9.47 Å². The van der Waals surface area contributed by atoms with Crippen LogP contribution in [0, 0.1) is 17.0 Å². The first kappa shape index (κ1) is 31.6. The number of carbonyl (C=O) groups excluding carboxylic acids is 2. The maximum absolute atomic E-state index is 16.1. The number of alkyl carbamates (subject to hydrolysis) is 1. The Morgan fingerprint density at radius 1 is 1.21 bits per heavy atom. The summed E-state index contributed by atoms with van der Waals surface area (Å²) in [6.45, 7) is 8.79. The molecule has 1 saturated carbocycles. The number of ether oxygens (including phenoxy) is 2. The molecule has 252 valence electrons. The third-order valence-electron chi connectivity index (χ3n) is 9.24. The van der Waals surface area contributed by atoms with Crippen LogP contribution in [0.1, 0.15) is 53.4 Å². The number of nitrogens with zero attached hydrogens (tertiary/aromatic N) is 6. The largest absolute Gasteiger partial charge is 0.449 e. The summed E-state index contributed by atoms with van der Waals surface area (Å²) in [6.07, 6.45) is 8.76. The topological polar surface area (TPSA) is 130 Å². The van der Waals surface area contributed by atoms with Gasteiger partial charge in [-0.2, -0.15) is 5.10 Å². The highest BCUT2D eigenvalue weighted by molar-refractivity contribution is 6.19. The number of rotatable bonds is 7. The van der Waals surface area contributed by atoms with Gasteiger partial charge >= 0.3 is 12.2 Å². The van der Waals surface area contributed by atoms with E-state index in [1.807, 2.05) is 33.9 Å². The Kier molecular flexibility index (Phi) is 7.63. The van der Waals surface area contributed by atoms with Crippen LogP contribution in [0.5, 0.6) is 0 Å². The summed E-state index contributed by atoms with van der Waals surface area (Å²) in [5.74, 6) is -2.16. The van der Waals surface area contributed by atoms with Crippen LogP contribution in [0.4, 0.5) is 29.7 Å². The first-order valence-corrected chi connectivity index (χ1v) is 16.2. The van der Waals surface area contributed by atoms with E-state index in [2.05, 4.69) is 30.3 Å². The number of aromatic nitrogens is 5. The number of aromatic amines is 1. The van der Waals surface area contributed by atoms with Gasteiger partial charge in [0.2, 0.25) is 0 Å². The highest BCUT2D eigenvalue weighted by Crippen LogP contribution is 2.55. The Morgan fingerprint density at radius 3 is 2.79 bits per heavy atom. The van der Waals surface area contributed by atoms with Gasteiger partial charge in [-0.15, -0.1) is 0 Å². The molecule has 1 spiro atoms. The second kappa shape index (κ2) is 11.6. The average Bonchev–Trinajstić information content (AvgIpc) is 3.43. The number of hydrogen-bond acceptors (Lipinski definition) is 8. The van der Waals surface area contributed by atoms with Crippen LogP contribution in [-0.4, -0.2) is 75.1 Å². The van der Waals surface area contributed by atoms with Crippen molar-refractivity contribution in [2.75, 3.05) is 36.5 Å². The summed E-state index contributed by atoms with van der Waals surface area (Å²) >= 11 is 0. The number of amides is 2. The molecular weight excluding hydrogens is 622 g/mol. The molecule has 2 fully saturated rings. The number of fused-ring (bicyclic) bond motifs is 4. The summed E-state index contributed by atoms with van der Waals surface area (Å²) in [5.41, 5.74) is 2.47. The van der Waals surface area contributed by atoms with Gasteiger partial charge < -0.3 is 24.7 Å².